The van der Waals surface area contributed by atoms with Gasteiger partial charge in [-0.2, -0.15) is 16.3 Å². The highest BCUT2D eigenvalue weighted by atomic mass is 32.1. The molecule has 3 rings (SSSR count). The highest BCUT2D eigenvalue weighted by molar-refractivity contribution is 7.08. The molecule has 2 aromatic heterocycles. The van der Waals surface area contributed by atoms with Crippen LogP contribution in [0.2, 0.25) is 0 Å². The van der Waals surface area contributed by atoms with Crippen molar-refractivity contribution in [2.45, 2.75) is 0 Å². The number of fused-ring (bicyclic) bond motifs is 1. The van der Waals surface area contributed by atoms with Crippen molar-refractivity contribution < 1.29 is 4.42 Å². The van der Waals surface area contributed by atoms with Gasteiger partial charge in [0.25, 0.3) is 6.01 Å². The minimum atomic E-state index is 0.215. The second-order valence-electron chi connectivity index (χ2n) is 3.25. The lowest BCUT2D eigenvalue weighted by molar-refractivity contribution is 0.626. The first kappa shape index (κ1) is 8.49. The number of nitrogen functional groups attached to an aromatic ring is 1. The van der Waals surface area contributed by atoms with Gasteiger partial charge in [0.2, 0.25) is 0 Å². The van der Waals surface area contributed by atoms with Crippen molar-refractivity contribution in [3.05, 3.63) is 35.0 Å². The molecule has 74 valence electrons. The van der Waals surface area contributed by atoms with Gasteiger partial charge >= 0.3 is 0 Å². The van der Waals surface area contributed by atoms with Gasteiger partial charge in [0.05, 0.1) is 0 Å². The van der Waals surface area contributed by atoms with Gasteiger partial charge in [0.15, 0.2) is 5.58 Å². The number of thiophene rings is 1. The highest BCUT2D eigenvalue weighted by Crippen LogP contribution is 2.26. The Morgan fingerprint density at radius 1 is 1.20 bits per heavy atom. The minimum absolute atomic E-state index is 0.215. The fourth-order valence-corrected chi connectivity index (χ4v) is 2.22. The zero-order valence-electron chi connectivity index (χ0n) is 7.81. The third kappa shape index (κ3) is 1.39. The van der Waals surface area contributed by atoms with Crippen LogP contribution >= 0.6 is 11.3 Å². The van der Waals surface area contributed by atoms with E-state index in [0.29, 0.717) is 0 Å². The summed E-state index contributed by atoms with van der Waals surface area (Å²) in [6, 6.07) is 8.18. The van der Waals surface area contributed by atoms with Crippen LogP contribution in [0.1, 0.15) is 0 Å². The number of hydrogen-bond acceptors (Lipinski definition) is 4. The molecular weight excluding hydrogens is 208 g/mol. The molecule has 0 radical (unpaired) electrons. The molecule has 0 unspecified atom stereocenters. The van der Waals surface area contributed by atoms with Crippen molar-refractivity contribution in [3.63, 3.8) is 0 Å². The van der Waals surface area contributed by atoms with E-state index in [-0.39, 0.29) is 6.01 Å². The maximum Gasteiger partial charge on any atom is 0.292 e. The van der Waals surface area contributed by atoms with Crippen LogP contribution in [-0.2, 0) is 0 Å². The van der Waals surface area contributed by atoms with E-state index in [2.05, 4.69) is 21.8 Å². The minimum Gasteiger partial charge on any atom is -0.424 e. The predicted molar refractivity (Wildman–Crippen MR) is 61.7 cm³/mol. The Morgan fingerprint density at radius 2 is 2.13 bits per heavy atom. The van der Waals surface area contributed by atoms with Crippen molar-refractivity contribution >= 4 is 28.5 Å². The predicted octanol–water partition coefficient (Wildman–Crippen LogP) is 3.14. The van der Waals surface area contributed by atoms with E-state index in [1.807, 2.05) is 18.2 Å². The number of aromatic nitrogens is 1. The third-order valence-corrected chi connectivity index (χ3v) is 2.94. The van der Waals surface area contributed by atoms with E-state index in [4.69, 9.17) is 10.2 Å². The van der Waals surface area contributed by atoms with E-state index >= 15 is 0 Å². The maximum absolute atomic E-state index is 5.48. The number of anilines is 1. The molecule has 0 atom stereocenters. The quantitative estimate of drug-likeness (QED) is 0.679. The van der Waals surface area contributed by atoms with Gasteiger partial charge < -0.3 is 10.2 Å². The Bertz CT molecular complexity index is 598. The summed E-state index contributed by atoms with van der Waals surface area (Å²) in [6.07, 6.45) is 0. The van der Waals surface area contributed by atoms with Crippen LogP contribution in [0.15, 0.2) is 39.4 Å². The van der Waals surface area contributed by atoms with Crippen LogP contribution in [0.4, 0.5) is 6.01 Å². The maximum atomic E-state index is 5.48. The average molecular weight is 216 g/mol. The van der Waals surface area contributed by atoms with Gasteiger partial charge in [-0.3, -0.25) is 0 Å². The van der Waals surface area contributed by atoms with Crippen molar-refractivity contribution in [2.24, 2.45) is 0 Å². The smallest absolute Gasteiger partial charge is 0.292 e. The van der Waals surface area contributed by atoms with Crippen LogP contribution in [0.3, 0.4) is 0 Å². The summed E-state index contributed by atoms with van der Waals surface area (Å²) in [5.74, 6) is 0. The molecule has 0 saturated heterocycles. The summed E-state index contributed by atoms with van der Waals surface area (Å²) in [6.45, 7) is 0. The van der Waals surface area contributed by atoms with Gasteiger partial charge in [-0.15, -0.1) is 0 Å². The molecule has 0 aliphatic rings. The Balaban J connectivity index is 2.21. The zero-order chi connectivity index (χ0) is 10.3. The molecule has 3 aromatic rings. The molecule has 1 aromatic carbocycles. The van der Waals surface area contributed by atoms with Gasteiger partial charge in [-0.05, 0) is 40.1 Å². The molecule has 15 heavy (non-hydrogen) atoms. The van der Waals surface area contributed by atoms with Crippen LogP contribution in [-0.4, -0.2) is 4.98 Å². The van der Waals surface area contributed by atoms with Crippen molar-refractivity contribution in [1.29, 1.82) is 0 Å². The number of nitrogens with zero attached hydrogens (tertiary/aromatic N) is 1. The molecule has 4 heteroatoms. The normalized spacial score (nSPS) is 10.9. The first-order valence-corrected chi connectivity index (χ1v) is 5.46. The molecule has 0 saturated carbocycles. The Labute approximate surface area is 90.2 Å². The summed E-state index contributed by atoms with van der Waals surface area (Å²) in [5, 5.41) is 4.15. The topological polar surface area (TPSA) is 52.0 Å². The standard InChI is InChI=1S/C11H8N2OS/c12-11-13-9-5-7(1-2-10(9)14-11)8-3-4-15-6-8/h1-6H,(H2,12,13). The highest BCUT2D eigenvalue weighted by Gasteiger charge is 2.04. The van der Waals surface area contributed by atoms with Crippen molar-refractivity contribution in [3.8, 4) is 11.1 Å². The first-order chi connectivity index (χ1) is 7.33. The van der Waals surface area contributed by atoms with Crippen molar-refractivity contribution in [1.82, 2.24) is 4.98 Å². The van der Waals surface area contributed by atoms with Gasteiger partial charge in [-0.1, -0.05) is 6.07 Å². The second-order valence-corrected chi connectivity index (χ2v) is 4.03. The van der Waals surface area contributed by atoms with E-state index in [1.165, 1.54) is 5.56 Å². The number of hydrogen-bond donors (Lipinski definition) is 1. The van der Waals surface area contributed by atoms with E-state index in [0.717, 1.165) is 16.7 Å². The van der Waals surface area contributed by atoms with Gasteiger partial charge in [0, 0.05) is 0 Å². The Kier molecular flexibility index (Phi) is 1.76. The fraction of sp³-hybridized carbons (Fsp3) is 0. The Hall–Kier alpha value is -1.81. The molecule has 2 N–H and O–H groups in total. The average Bonchev–Trinajstić information content (AvgIpc) is 2.82. The summed E-state index contributed by atoms with van der Waals surface area (Å²) in [4.78, 5) is 4.10. The SMILES string of the molecule is Nc1nc2cc(-c3ccsc3)ccc2o1. The number of benzene rings is 1. The monoisotopic (exact) mass is 216 g/mol. The molecular formula is C11H8N2OS. The summed E-state index contributed by atoms with van der Waals surface area (Å²) in [7, 11) is 0. The first-order valence-electron chi connectivity index (χ1n) is 4.51. The van der Waals surface area contributed by atoms with E-state index < -0.39 is 0 Å². The van der Waals surface area contributed by atoms with E-state index in [9.17, 15) is 0 Å². The van der Waals surface area contributed by atoms with Gasteiger partial charge in [0.1, 0.15) is 5.52 Å². The van der Waals surface area contributed by atoms with Gasteiger partial charge in [-0.25, -0.2) is 0 Å². The number of oxazole rings is 1. The van der Waals surface area contributed by atoms with Crippen LogP contribution in [0, 0.1) is 0 Å². The largest absolute Gasteiger partial charge is 0.424 e. The fourth-order valence-electron chi connectivity index (χ4n) is 1.55. The Morgan fingerprint density at radius 3 is 2.93 bits per heavy atom. The van der Waals surface area contributed by atoms with Crippen LogP contribution in [0.25, 0.3) is 22.2 Å². The lowest BCUT2D eigenvalue weighted by Gasteiger charge is -1.95. The molecule has 0 fully saturated rings. The third-order valence-electron chi connectivity index (χ3n) is 2.26. The molecule has 0 spiro atoms. The van der Waals surface area contributed by atoms with Crippen molar-refractivity contribution in [2.75, 3.05) is 5.73 Å². The van der Waals surface area contributed by atoms with Crippen LogP contribution < -0.4 is 5.73 Å². The number of rotatable bonds is 1. The summed E-state index contributed by atoms with van der Waals surface area (Å²) in [5.41, 5.74) is 9.35. The zero-order valence-corrected chi connectivity index (χ0v) is 8.62. The lowest BCUT2D eigenvalue weighted by Crippen LogP contribution is -1.80. The second kappa shape index (κ2) is 3.10. The summed E-state index contributed by atoms with van der Waals surface area (Å²) < 4.78 is 5.21. The summed E-state index contributed by atoms with van der Waals surface area (Å²) >= 11 is 1.68. The van der Waals surface area contributed by atoms with E-state index in [1.54, 1.807) is 11.3 Å². The molecule has 2 heterocycles. The molecule has 0 aliphatic heterocycles. The molecule has 0 aliphatic carbocycles. The van der Waals surface area contributed by atoms with Crippen LogP contribution in [0.5, 0.6) is 0 Å². The molecule has 3 nitrogen and oxygen atoms in total. The molecule has 0 amide bonds. The number of nitrogens with two attached hydrogens (primary N) is 1. The molecule has 0 bridgehead atoms. The lowest BCUT2D eigenvalue weighted by atomic mass is 10.1.